The van der Waals surface area contributed by atoms with Gasteiger partial charge in [-0.1, -0.05) is 6.42 Å². The molecule has 2 aromatic heterocycles. The fourth-order valence-electron chi connectivity index (χ4n) is 2.86. The van der Waals surface area contributed by atoms with Gasteiger partial charge in [0.05, 0.1) is 11.7 Å². The van der Waals surface area contributed by atoms with E-state index in [1.807, 2.05) is 5.38 Å². The number of nitrogens with one attached hydrogen (secondary N) is 1. The Morgan fingerprint density at radius 1 is 1.52 bits per heavy atom. The Labute approximate surface area is 125 Å². The molecular weight excluding hydrogens is 290 g/mol. The molecule has 0 saturated heterocycles. The molecule has 2 N–H and O–H groups in total. The monoisotopic (exact) mass is 307 g/mol. The molecule has 7 heteroatoms. The third-order valence-corrected chi connectivity index (χ3v) is 4.83. The number of amides is 1. The van der Waals surface area contributed by atoms with Crippen molar-refractivity contribution < 1.29 is 9.90 Å². The number of rotatable bonds is 4. The summed E-state index contributed by atoms with van der Waals surface area (Å²) < 4.78 is 1.33. The summed E-state index contributed by atoms with van der Waals surface area (Å²) in [5.74, 6) is -0.0815. The smallest absolute Gasteiger partial charge is 0.262 e. The maximum atomic E-state index is 12.2. The third kappa shape index (κ3) is 2.84. The van der Waals surface area contributed by atoms with E-state index in [9.17, 15) is 14.7 Å². The Bertz CT molecular complexity index is 709. The number of fused-ring (bicyclic) bond motifs is 1. The first-order valence-corrected chi connectivity index (χ1v) is 7.90. The van der Waals surface area contributed by atoms with E-state index in [1.165, 1.54) is 22.2 Å². The minimum Gasteiger partial charge on any atom is -0.396 e. The van der Waals surface area contributed by atoms with Crippen molar-refractivity contribution in [3.8, 4) is 0 Å². The van der Waals surface area contributed by atoms with Gasteiger partial charge in [-0.2, -0.15) is 0 Å². The molecule has 3 rings (SSSR count). The van der Waals surface area contributed by atoms with Crippen molar-refractivity contribution in [2.45, 2.75) is 31.8 Å². The lowest BCUT2D eigenvalue weighted by molar-refractivity contribution is -0.122. The van der Waals surface area contributed by atoms with Crippen LogP contribution in [0.5, 0.6) is 0 Å². The number of aliphatic hydroxyl groups excluding tert-OH is 1. The van der Waals surface area contributed by atoms with Gasteiger partial charge in [-0.05, 0) is 24.3 Å². The van der Waals surface area contributed by atoms with Gasteiger partial charge in [-0.3, -0.25) is 14.2 Å². The second-order valence-corrected chi connectivity index (χ2v) is 6.26. The molecule has 0 spiro atoms. The number of aliphatic hydroxyl groups is 1. The van der Waals surface area contributed by atoms with Crippen LogP contribution >= 0.6 is 11.3 Å². The van der Waals surface area contributed by atoms with Crippen LogP contribution in [0.25, 0.3) is 10.2 Å². The topological polar surface area (TPSA) is 84.2 Å². The molecule has 0 aromatic carbocycles. The van der Waals surface area contributed by atoms with Crippen LogP contribution in [0.15, 0.2) is 22.6 Å². The maximum Gasteiger partial charge on any atom is 0.262 e. The minimum atomic E-state index is -0.209. The summed E-state index contributed by atoms with van der Waals surface area (Å²) in [7, 11) is 0. The molecule has 0 aliphatic heterocycles. The van der Waals surface area contributed by atoms with Crippen LogP contribution in [-0.4, -0.2) is 33.2 Å². The molecule has 1 aliphatic rings. The Morgan fingerprint density at radius 2 is 2.38 bits per heavy atom. The highest BCUT2D eigenvalue weighted by Crippen LogP contribution is 2.24. The highest BCUT2D eigenvalue weighted by molar-refractivity contribution is 7.16. The van der Waals surface area contributed by atoms with Crippen LogP contribution in [0.3, 0.4) is 0 Å². The van der Waals surface area contributed by atoms with E-state index >= 15 is 0 Å². The van der Waals surface area contributed by atoms with Gasteiger partial charge in [0, 0.05) is 18.6 Å². The molecule has 1 aliphatic carbocycles. The van der Waals surface area contributed by atoms with E-state index in [-0.39, 0.29) is 36.6 Å². The standard InChI is InChI=1S/C14H17N3O3S/c18-7-9-2-1-3-11(9)16-12(19)6-17-8-15-13-10(14(17)20)4-5-21-13/h4-5,8-9,11,18H,1-3,6-7H2,(H,16,19). The van der Waals surface area contributed by atoms with Crippen LogP contribution in [-0.2, 0) is 11.3 Å². The zero-order valence-electron chi connectivity index (χ0n) is 11.5. The molecule has 2 unspecified atom stereocenters. The molecule has 2 aromatic rings. The first-order valence-electron chi connectivity index (χ1n) is 7.02. The van der Waals surface area contributed by atoms with E-state index in [4.69, 9.17) is 0 Å². The Hall–Kier alpha value is -1.73. The number of thiophene rings is 1. The summed E-state index contributed by atoms with van der Waals surface area (Å²) in [6.07, 6.45) is 4.24. The van der Waals surface area contributed by atoms with Crippen molar-refractivity contribution in [3.05, 3.63) is 28.1 Å². The molecule has 1 amide bonds. The van der Waals surface area contributed by atoms with Crippen LogP contribution < -0.4 is 10.9 Å². The van der Waals surface area contributed by atoms with Gasteiger partial charge in [0.25, 0.3) is 5.56 Å². The second kappa shape index (κ2) is 5.95. The van der Waals surface area contributed by atoms with Crippen molar-refractivity contribution in [3.63, 3.8) is 0 Å². The van der Waals surface area contributed by atoms with Crippen LogP contribution in [0.4, 0.5) is 0 Å². The average Bonchev–Trinajstić information content (AvgIpc) is 3.10. The van der Waals surface area contributed by atoms with E-state index in [1.54, 1.807) is 6.07 Å². The third-order valence-electron chi connectivity index (χ3n) is 4.00. The van der Waals surface area contributed by atoms with Gasteiger partial charge < -0.3 is 10.4 Å². The zero-order valence-corrected chi connectivity index (χ0v) is 12.3. The molecule has 112 valence electrons. The summed E-state index contributed by atoms with van der Waals surface area (Å²) in [6, 6.07) is 1.73. The first kappa shape index (κ1) is 14.2. The molecule has 2 heterocycles. The molecule has 21 heavy (non-hydrogen) atoms. The molecule has 2 atom stereocenters. The molecular formula is C14H17N3O3S. The highest BCUT2D eigenvalue weighted by atomic mass is 32.1. The van der Waals surface area contributed by atoms with E-state index < -0.39 is 0 Å². The lowest BCUT2D eigenvalue weighted by atomic mass is 10.1. The molecule has 1 fully saturated rings. The fraction of sp³-hybridized carbons (Fsp3) is 0.500. The molecule has 1 saturated carbocycles. The van der Waals surface area contributed by atoms with Crippen molar-refractivity contribution in [2.24, 2.45) is 5.92 Å². The average molecular weight is 307 g/mol. The lowest BCUT2D eigenvalue weighted by Crippen LogP contribution is -2.41. The van der Waals surface area contributed by atoms with Crippen LogP contribution in [0.1, 0.15) is 19.3 Å². The van der Waals surface area contributed by atoms with Crippen molar-refractivity contribution in [2.75, 3.05) is 6.61 Å². The quantitative estimate of drug-likeness (QED) is 0.872. The van der Waals surface area contributed by atoms with Crippen LogP contribution in [0.2, 0.25) is 0 Å². The number of nitrogens with zero attached hydrogens (tertiary/aromatic N) is 2. The number of aromatic nitrogens is 2. The van der Waals surface area contributed by atoms with Gasteiger partial charge in [0.2, 0.25) is 5.91 Å². The number of carbonyl (C=O) groups excluding carboxylic acids is 1. The van der Waals surface area contributed by atoms with E-state index in [0.717, 1.165) is 19.3 Å². The predicted molar refractivity (Wildman–Crippen MR) is 80.2 cm³/mol. The summed E-state index contributed by atoms with van der Waals surface area (Å²) in [5, 5.41) is 14.5. The van der Waals surface area contributed by atoms with Crippen LogP contribution in [0, 0.1) is 5.92 Å². The van der Waals surface area contributed by atoms with Crippen molar-refractivity contribution in [1.29, 1.82) is 0 Å². The number of carbonyl (C=O) groups is 1. The summed E-state index contributed by atoms with van der Waals surface area (Å²) in [6.45, 7) is 0.0551. The van der Waals surface area contributed by atoms with Crippen molar-refractivity contribution in [1.82, 2.24) is 14.9 Å². The first-order chi connectivity index (χ1) is 10.2. The minimum absolute atomic E-state index is 0.0102. The Morgan fingerprint density at radius 3 is 3.19 bits per heavy atom. The Balaban J connectivity index is 1.71. The predicted octanol–water partition coefficient (Wildman–Crippen LogP) is 0.735. The Kier molecular flexibility index (Phi) is 4.03. The summed E-state index contributed by atoms with van der Waals surface area (Å²) in [4.78, 5) is 29.1. The van der Waals surface area contributed by atoms with Crippen molar-refractivity contribution >= 4 is 27.5 Å². The largest absolute Gasteiger partial charge is 0.396 e. The fourth-order valence-corrected chi connectivity index (χ4v) is 3.58. The molecule has 0 bridgehead atoms. The van der Waals surface area contributed by atoms with Gasteiger partial charge in [0.1, 0.15) is 11.4 Å². The lowest BCUT2D eigenvalue weighted by Gasteiger charge is -2.19. The maximum absolute atomic E-state index is 12.2. The second-order valence-electron chi connectivity index (χ2n) is 5.36. The van der Waals surface area contributed by atoms with Gasteiger partial charge in [0.15, 0.2) is 0 Å². The highest BCUT2D eigenvalue weighted by Gasteiger charge is 2.27. The molecule has 0 radical (unpaired) electrons. The zero-order chi connectivity index (χ0) is 14.8. The van der Waals surface area contributed by atoms with E-state index in [0.29, 0.717) is 10.2 Å². The molecule has 6 nitrogen and oxygen atoms in total. The van der Waals surface area contributed by atoms with Gasteiger partial charge in [-0.15, -0.1) is 11.3 Å². The summed E-state index contributed by atoms with van der Waals surface area (Å²) >= 11 is 1.41. The summed E-state index contributed by atoms with van der Waals surface area (Å²) in [5.41, 5.74) is -0.193. The van der Waals surface area contributed by atoms with E-state index in [2.05, 4.69) is 10.3 Å². The SMILES string of the molecule is O=C(Cn1cnc2sccc2c1=O)NC1CCCC1CO. The van der Waals surface area contributed by atoms with Gasteiger partial charge >= 0.3 is 0 Å². The number of hydrogen-bond acceptors (Lipinski definition) is 5. The normalized spacial score (nSPS) is 21.8. The van der Waals surface area contributed by atoms with Gasteiger partial charge in [-0.25, -0.2) is 4.98 Å². The number of hydrogen-bond donors (Lipinski definition) is 2.